The molecule has 7 nitrogen and oxygen atoms in total. The van der Waals surface area contributed by atoms with Gasteiger partial charge < -0.3 is 4.42 Å². The van der Waals surface area contributed by atoms with Crippen LogP contribution in [0.5, 0.6) is 0 Å². The second-order valence-corrected chi connectivity index (χ2v) is 4.87. The maximum absolute atomic E-state index is 12.0. The van der Waals surface area contributed by atoms with Crippen LogP contribution in [0.25, 0.3) is 11.5 Å². The molecule has 0 radical (unpaired) electrons. The lowest BCUT2D eigenvalue weighted by Crippen LogP contribution is -2.13. The zero-order valence-electron chi connectivity index (χ0n) is 11.7. The number of aryl methyl sites for hydroxylation is 1. The molecule has 1 aromatic carbocycles. The van der Waals surface area contributed by atoms with E-state index in [-0.39, 0.29) is 17.6 Å². The van der Waals surface area contributed by atoms with E-state index in [1.807, 2.05) is 6.92 Å². The van der Waals surface area contributed by atoms with Crippen LogP contribution in [0.15, 0.2) is 40.9 Å². The van der Waals surface area contributed by atoms with Gasteiger partial charge in [-0.2, -0.15) is 5.10 Å². The van der Waals surface area contributed by atoms with Gasteiger partial charge in [0, 0.05) is 23.3 Å². The molecule has 0 aliphatic carbocycles. The van der Waals surface area contributed by atoms with Crippen LogP contribution in [-0.2, 0) is 6.54 Å². The van der Waals surface area contributed by atoms with Gasteiger partial charge in [0.05, 0.1) is 0 Å². The number of carbonyl (C=O) groups is 1. The molecule has 0 saturated heterocycles. The molecule has 2 aromatic heterocycles. The van der Waals surface area contributed by atoms with Crippen molar-refractivity contribution in [1.29, 1.82) is 0 Å². The molecule has 0 fully saturated rings. The van der Waals surface area contributed by atoms with E-state index in [9.17, 15) is 4.79 Å². The van der Waals surface area contributed by atoms with Crippen LogP contribution < -0.4 is 5.32 Å². The Balaban J connectivity index is 1.75. The molecule has 0 saturated carbocycles. The molecule has 0 aliphatic rings. The Morgan fingerprint density at radius 2 is 2.23 bits per heavy atom. The first-order valence-electron chi connectivity index (χ1n) is 6.60. The summed E-state index contributed by atoms with van der Waals surface area (Å²) in [6.07, 6.45) is 1.72. The van der Waals surface area contributed by atoms with Gasteiger partial charge in [-0.1, -0.05) is 22.8 Å². The van der Waals surface area contributed by atoms with Gasteiger partial charge in [0.1, 0.15) is 0 Å². The van der Waals surface area contributed by atoms with Crippen LogP contribution in [0.1, 0.15) is 17.4 Å². The summed E-state index contributed by atoms with van der Waals surface area (Å²) in [6.45, 7) is 2.62. The van der Waals surface area contributed by atoms with Crippen molar-refractivity contribution in [3.8, 4) is 11.5 Å². The number of benzene rings is 1. The summed E-state index contributed by atoms with van der Waals surface area (Å²) in [6, 6.07) is 8.63. The Hall–Kier alpha value is -2.67. The standard InChI is InChI=1S/C14H12ClN5O2/c1-2-20-7-6-11(19-20)12(21)16-14-18-17-13(22-14)9-4-3-5-10(15)8-9/h3-8H,2H2,1H3,(H,16,18,21). The molecule has 1 amide bonds. The van der Waals surface area contributed by atoms with Gasteiger partial charge in [-0.3, -0.25) is 14.8 Å². The predicted molar refractivity (Wildman–Crippen MR) is 80.6 cm³/mol. The highest BCUT2D eigenvalue weighted by molar-refractivity contribution is 6.30. The summed E-state index contributed by atoms with van der Waals surface area (Å²) in [5.41, 5.74) is 0.958. The maximum Gasteiger partial charge on any atom is 0.322 e. The Morgan fingerprint density at radius 3 is 2.95 bits per heavy atom. The first kappa shape index (κ1) is 14.3. The molecule has 0 unspecified atom stereocenters. The molecule has 1 N–H and O–H groups in total. The lowest BCUT2D eigenvalue weighted by molar-refractivity contribution is 0.101. The van der Waals surface area contributed by atoms with Crippen LogP contribution in [0.2, 0.25) is 5.02 Å². The van der Waals surface area contributed by atoms with Gasteiger partial charge in [-0.15, -0.1) is 5.10 Å². The Labute approximate surface area is 130 Å². The topological polar surface area (TPSA) is 85.8 Å². The van der Waals surface area contributed by atoms with E-state index in [0.717, 1.165) is 0 Å². The molecule has 3 aromatic rings. The fourth-order valence-electron chi connectivity index (χ4n) is 1.83. The van der Waals surface area contributed by atoms with Crippen LogP contribution >= 0.6 is 11.6 Å². The van der Waals surface area contributed by atoms with E-state index in [0.29, 0.717) is 17.1 Å². The highest BCUT2D eigenvalue weighted by atomic mass is 35.5. The molecule has 0 bridgehead atoms. The maximum atomic E-state index is 12.0. The predicted octanol–water partition coefficient (Wildman–Crippen LogP) is 2.86. The van der Waals surface area contributed by atoms with Gasteiger partial charge in [0.2, 0.25) is 5.89 Å². The number of aromatic nitrogens is 4. The molecule has 0 atom stereocenters. The van der Waals surface area contributed by atoms with Crippen molar-refractivity contribution in [1.82, 2.24) is 20.0 Å². The number of amides is 1. The summed E-state index contributed by atoms with van der Waals surface area (Å²) in [7, 11) is 0. The van der Waals surface area contributed by atoms with E-state index in [1.165, 1.54) is 0 Å². The molecular formula is C14H12ClN5O2. The number of nitrogens with zero attached hydrogens (tertiary/aromatic N) is 4. The van der Waals surface area contributed by atoms with E-state index in [1.54, 1.807) is 41.2 Å². The Morgan fingerprint density at radius 1 is 1.36 bits per heavy atom. The number of anilines is 1. The third-order valence-corrected chi connectivity index (χ3v) is 3.15. The summed E-state index contributed by atoms with van der Waals surface area (Å²) >= 11 is 5.91. The van der Waals surface area contributed by atoms with Crippen LogP contribution in [0, 0.1) is 0 Å². The van der Waals surface area contributed by atoms with Crippen LogP contribution in [0.3, 0.4) is 0 Å². The minimum absolute atomic E-state index is 0.00558. The first-order valence-corrected chi connectivity index (χ1v) is 6.98. The van der Waals surface area contributed by atoms with Gasteiger partial charge in [-0.05, 0) is 31.2 Å². The van der Waals surface area contributed by atoms with Crippen molar-refractivity contribution in [3.05, 3.63) is 47.2 Å². The summed E-state index contributed by atoms with van der Waals surface area (Å²) < 4.78 is 7.06. The van der Waals surface area contributed by atoms with Gasteiger partial charge in [0.15, 0.2) is 5.69 Å². The van der Waals surface area contributed by atoms with E-state index in [2.05, 4.69) is 20.6 Å². The Kier molecular flexibility index (Phi) is 3.88. The van der Waals surface area contributed by atoms with Gasteiger partial charge in [-0.25, -0.2) is 0 Å². The van der Waals surface area contributed by atoms with Crippen molar-refractivity contribution >= 4 is 23.5 Å². The second kappa shape index (κ2) is 5.98. The average molecular weight is 318 g/mol. The third-order valence-electron chi connectivity index (χ3n) is 2.91. The van der Waals surface area contributed by atoms with Crippen molar-refractivity contribution in [2.75, 3.05) is 5.32 Å². The largest absolute Gasteiger partial charge is 0.403 e. The molecule has 22 heavy (non-hydrogen) atoms. The third kappa shape index (κ3) is 2.99. The zero-order valence-corrected chi connectivity index (χ0v) is 12.4. The van der Waals surface area contributed by atoms with Crippen molar-refractivity contribution in [3.63, 3.8) is 0 Å². The second-order valence-electron chi connectivity index (χ2n) is 4.43. The fraction of sp³-hybridized carbons (Fsp3) is 0.143. The quantitative estimate of drug-likeness (QED) is 0.799. The lowest BCUT2D eigenvalue weighted by atomic mass is 10.2. The minimum Gasteiger partial charge on any atom is -0.403 e. The molecule has 8 heteroatoms. The van der Waals surface area contributed by atoms with Crippen LogP contribution in [0.4, 0.5) is 6.01 Å². The van der Waals surface area contributed by atoms with Crippen molar-refractivity contribution < 1.29 is 9.21 Å². The van der Waals surface area contributed by atoms with E-state index < -0.39 is 5.91 Å². The zero-order chi connectivity index (χ0) is 15.5. The van der Waals surface area contributed by atoms with E-state index in [4.69, 9.17) is 16.0 Å². The molecule has 0 spiro atoms. The van der Waals surface area contributed by atoms with Gasteiger partial charge in [0.25, 0.3) is 5.91 Å². The first-order chi connectivity index (χ1) is 10.7. The minimum atomic E-state index is -0.409. The number of carbonyl (C=O) groups excluding carboxylic acids is 1. The average Bonchev–Trinajstić information content (AvgIpc) is 3.16. The number of hydrogen-bond donors (Lipinski definition) is 1. The SMILES string of the molecule is CCn1ccc(C(=O)Nc2nnc(-c3cccc(Cl)c3)o2)n1. The van der Waals surface area contributed by atoms with E-state index >= 15 is 0 Å². The van der Waals surface area contributed by atoms with Crippen LogP contribution in [-0.4, -0.2) is 25.9 Å². The molecule has 112 valence electrons. The molecule has 3 rings (SSSR count). The summed E-state index contributed by atoms with van der Waals surface area (Å²) in [5.74, 6) is -0.134. The van der Waals surface area contributed by atoms with Crippen molar-refractivity contribution in [2.45, 2.75) is 13.5 Å². The number of hydrogen-bond acceptors (Lipinski definition) is 5. The fourth-order valence-corrected chi connectivity index (χ4v) is 2.02. The number of nitrogens with one attached hydrogen (secondary N) is 1. The summed E-state index contributed by atoms with van der Waals surface area (Å²) in [5, 5.41) is 14.8. The highest BCUT2D eigenvalue weighted by Crippen LogP contribution is 2.22. The Bertz CT molecular complexity index is 811. The molecular weight excluding hydrogens is 306 g/mol. The molecule has 0 aliphatic heterocycles. The van der Waals surface area contributed by atoms with Gasteiger partial charge >= 0.3 is 6.01 Å². The normalized spacial score (nSPS) is 10.6. The summed E-state index contributed by atoms with van der Waals surface area (Å²) in [4.78, 5) is 12.0. The monoisotopic (exact) mass is 317 g/mol. The number of halogens is 1. The lowest BCUT2D eigenvalue weighted by Gasteiger charge is -1.97. The number of rotatable bonds is 4. The smallest absolute Gasteiger partial charge is 0.322 e. The van der Waals surface area contributed by atoms with Crippen molar-refractivity contribution in [2.24, 2.45) is 0 Å². The molecule has 2 heterocycles. The highest BCUT2D eigenvalue weighted by Gasteiger charge is 2.14.